The standard InChI is InChI=1S/C16H26N2O2/c1-4-5-11-18-14(19)13(12-9-7-6-8-10-12)17-15(20)16(18,2)3/h4-5,12-13H,6-11H2,1-3H3,(H,17,20)/b5-4+. The maximum atomic E-state index is 12.8. The summed E-state index contributed by atoms with van der Waals surface area (Å²) in [6.45, 7) is 6.08. The predicted molar refractivity (Wildman–Crippen MR) is 79.1 cm³/mol. The molecule has 4 heteroatoms. The first-order chi connectivity index (χ1) is 9.48. The van der Waals surface area contributed by atoms with Gasteiger partial charge in [-0.25, -0.2) is 0 Å². The monoisotopic (exact) mass is 278 g/mol. The molecule has 1 aliphatic carbocycles. The van der Waals surface area contributed by atoms with Gasteiger partial charge < -0.3 is 10.2 Å². The summed E-state index contributed by atoms with van der Waals surface area (Å²) >= 11 is 0. The summed E-state index contributed by atoms with van der Waals surface area (Å²) in [5, 5.41) is 2.98. The van der Waals surface area contributed by atoms with E-state index in [1.807, 2.05) is 32.9 Å². The maximum absolute atomic E-state index is 12.8. The highest BCUT2D eigenvalue weighted by molar-refractivity contribution is 5.99. The molecule has 1 N–H and O–H groups in total. The number of allylic oxidation sites excluding steroid dienone is 1. The summed E-state index contributed by atoms with van der Waals surface area (Å²) in [7, 11) is 0. The molecule has 112 valence electrons. The lowest BCUT2D eigenvalue weighted by Gasteiger charge is -2.46. The van der Waals surface area contributed by atoms with E-state index in [2.05, 4.69) is 5.32 Å². The molecule has 0 bridgehead atoms. The van der Waals surface area contributed by atoms with Crippen LogP contribution in [0.2, 0.25) is 0 Å². The molecule has 0 aromatic carbocycles. The molecular formula is C16H26N2O2. The van der Waals surface area contributed by atoms with Crippen LogP contribution >= 0.6 is 0 Å². The molecule has 4 nitrogen and oxygen atoms in total. The molecule has 0 spiro atoms. The molecule has 20 heavy (non-hydrogen) atoms. The Morgan fingerprint density at radius 1 is 1.25 bits per heavy atom. The zero-order valence-corrected chi connectivity index (χ0v) is 12.8. The third kappa shape index (κ3) is 2.74. The number of nitrogens with one attached hydrogen (secondary N) is 1. The number of nitrogens with zero attached hydrogens (tertiary/aromatic N) is 1. The fourth-order valence-corrected chi connectivity index (χ4v) is 3.26. The van der Waals surface area contributed by atoms with Crippen molar-refractivity contribution in [1.29, 1.82) is 0 Å². The molecular weight excluding hydrogens is 252 g/mol. The minimum atomic E-state index is -0.762. The molecule has 2 rings (SSSR count). The van der Waals surface area contributed by atoms with Gasteiger partial charge in [0.15, 0.2) is 0 Å². The van der Waals surface area contributed by atoms with Crippen molar-refractivity contribution in [2.45, 2.75) is 64.5 Å². The third-order valence-corrected chi connectivity index (χ3v) is 4.69. The Kier molecular flexibility index (Phi) is 4.51. The number of carbonyl (C=O) groups excluding carboxylic acids is 2. The summed E-state index contributed by atoms with van der Waals surface area (Å²) in [4.78, 5) is 26.9. The lowest BCUT2D eigenvalue weighted by atomic mass is 9.81. The van der Waals surface area contributed by atoms with Crippen molar-refractivity contribution in [2.75, 3.05) is 6.54 Å². The zero-order chi connectivity index (χ0) is 14.8. The number of hydrogen-bond acceptors (Lipinski definition) is 2. The highest BCUT2D eigenvalue weighted by Gasteiger charge is 2.47. The Bertz CT molecular complexity index is 409. The Morgan fingerprint density at radius 2 is 1.90 bits per heavy atom. The maximum Gasteiger partial charge on any atom is 0.246 e. The second-order valence-corrected chi connectivity index (χ2v) is 6.43. The van der Waals surface area contributed by atoms with Gasteiger partial charge in [-0.1, -0.05) is 31.4 Å². The quantitative estimate of drug-likeness (QED) is 0.805. The van der Waals surface area contributed by atoms with E-state index in [1.54, 1.807) is 4.90 Å². The van der Waals surface area contributed by atoms with E-state index < -0.39 is 5.54 Å². The Morgan fingerprint density at radius 3 is 2.50 bits per heavy atom. The topological polar surface area (TPSA) is 49.4 Å². The van der Waals surface area contributed by atoms with Crippen LogP contribution in [0.3, 0.4) is 0 Å². The summed E-state index contributed by atoms with van der Waals surface area (Å²) in [5.74, 6) is 0.362. The van der Waals surface area contributed by atoms with Gasteiger partial charge in [-0.15, -0.1) is 0 Å². The minimum Gasteiger partial charge on any atom is -0.342 e. The van der Waals surface area contributed by atoms with Crippen LogP contribution in [0.4, 0.5) is 0 Å². The van der Waals surface area contributed by atoms with Crippen LogP contribution in [0, 0.1) is 5.92 Å². The fraction of sp³-hybridized carbons (Fsp3) is 0.750. The molecule has 1 aliphatic heterocycles. The number of hydrogen-bond donors (Lipinski definition) is 1. The Hall–Kier alpha value is -1.32. The Balaban J connectivity index is 2.19. The summed E-state index contributed by atoms with van der Waals surface area (Å²) < 4.78 is 0. The molecule has 2 amide bonds. The van der Waals surface area contributed by atoms with Crippen molar-refractivity contribution in [3.63, 3.8) is 0 Å². The molecule has 2 aliphatic rings. The van der Waals surface area contributed by atoms with Crippen molar-refractivity contribution in [3.05, 3.63) is 12.2 Å². The predicted octanol–water partition coefficient (Wildman–Crippen LogP) is 2.25. The van der Waals surface area contributed by atoms with E-state index in [-0.39, 0.29) is 17.9 Å². The molecule has 0 radical (unpaired) electrons. The SMILES string of the molecule is C/C=C/CN1C(=O)C(C2CCCCC2)NC(=O)C1(C)C. The van der Waals surface area contributed by atoms with E-state index in [1.165, 1.54) is 19.3 Å². The summed E-state index contributed by atoms with van der Waals surface area (Å²) in [6, 6.07) is -0.318. The van der Waals surface area contributed by atoms with Crippen LogP contribution < -0.4 is 5.32 Å². The van der Waals surface area contributed by atoms with Gasteiger partial charge >= 0.3 is 0 Å². The molecule has 1 heterocycles. The van der Waals surface area contributed by atoms with Crippen molar-refractivity contribution < 1.29 is 9.59 Å². The van der Waals surface area contributed by atoms with Crippen LogP contribution in [-0.4, -0.2) is 34.8 Å². The van der Waals surface area contributed by atoms with Gasteiger partial charge in [-0.05, 0) is 39.5 Å². The average Bonchev–Trinajstić information content (AvgIpc) is 2.44. The highest BCUT2D eigenvalue weighted by Crippen LogP contribution is 2.31. The van der Waals surface area contributed by atoms with Crippen LogP contribution in [0.1, 0.15) is 52.9 Å². The van der Waals surface area contributed by atoms with E-state index in [9.17, 15) is 9.59 Å². The van der Waals surface area contributed by atoms with E-state index >= 15 is 0 Å². The van der Waals surface area contributed by atoms with Gasteiger partial charge in [0.25, 0.3) is 0 Å². The normalized spacial score (nSPS) is 27.9. The molecule has 1 unspecified atom stereocenters. The molecule has 1 saturated carbocycles. The van der Waals surface area contributed by atoms with Gasteiger partial charge in [0, 0.05) is 6.54 Å². The van der Waals surface area contributed by atoms with Gasteiger partial charge in [0.05, 0.1) is 0 Å². The van der Waals surface area contributed by atoms with E-state index in [0.29, 0.717) is 12.5 Å². The zero-order valence-electron chi connectivity index (χ0n) is 12.8. The molecule has 0 aromatic rings. The van der Waals surface area contributed by atoms with E-state index in [0.717, 1.165) is 12.8 Å². The number of carbonyl (C=O) groups is 2. The smallest absolute Gasteiger partial charge is 0.246 e. The van der Waals surface area contributed by atoms with Crippen molar-refractivity contribution in [3.8, 4) is 0 Å². The fourth-order valence-electron chi connectivity index (χ4n) is 3.26. The summed E-state index contributed by atoms with van der Waals surface area (Å²) in [5.41, 5.74) is -0.762. The van der Waals surface area contributed by atoms with Crippen LogP contribution in [0.25, 0.3) is 0 Å². The molecule has 0 aromatic heterocycles. The van der Waals surface area contributed by atoms with Gasteiger partial charge in [-0.2, -0.15) is 0 Å². The number of piperazine rings is 1. The Labute approximate surface area is 121 Å². The minimum absolute atomic E-state index is 0.0304. The van der Waals surface area contributed by atoms with Gasteiger partial charge in [-0.3, -0.25) is 9.59 Å². The molecule has 2 fully saturated rings. The second kappa shape index (κ2) is 5.98. The first-order valence-corrected chi connectivity index (χ1v) is 7.72. The average molecular weight is 278 g/mol. The van der Waals surface area contributed by atoms with Crippen LogP contribution in [0.15, 0.2) is 12.2 Å². The largest absolute Gasteiger partial charge is 0.342 e. The second-order valence-electron chi connectivity index (χ2n) is 6.43. The lowest BCUT2D eigenvalue weighted by Crippen LogP contribution is -2.69. The first kappa shape index (κ1) is 15.1. The third-order valence-electron chi connectivity index (χ3n) is 4.69. The van der Waals surface area contributed by atoms with Gasteiger partial charge in [0.2, 0.25) is 11.8 Å². The molecule has 1 atom stereocenters. The van der Waals surface area contributed by atoms with Crippen molar-refractivity contribution in [2.24, 2.45) is 5.92 Å². The van der Waals surface area contributed by atoms with Crippen LogP contribution in [-0.2, 0) is 9.59 Å². The van der Waals surface area contributed by atoms with E-state index in [4.69, 9.17) is 0 Å². The molecule has 1 saturated heterocycles. The van der Waals surface area contributed by atoms with Crippen LogP contribution in [0.5, 0.6) is 0 Å². The highest BCUT2D eigenvalue weighted by atomic mass is 16.2. The lowest BCUT2D eigenvalue weighted by molar-refractivity contribution is -0.156. The number of rotatable bonds is 3. The number of amides is 2. The van der Waals surface area contributed by atoms with Gasteiger partial charge in [0.1, 0.15) is 11.6 Å². The van der Waals surface area contributed by atoms with Crippen molar-refractivity contribution in [1.82, 2.24) is 10.2 Å². The van der Waals surface area contributed by atoms with Crippen molar-refractivity contribution >= 4 is 11.8 Å². The summed E-state index contributed by atoms with van der Waals surface area (Å²) in [6.07, 6.45) is 9.55. The first-order valence-electron chi connectivity index (χ1n) is 7.72.